The van der Waals surface area contributed by atoms with E-state index in [4.69, 9.17) is 21.3 Å². The van der Waals surface area contributed by atoms with Crippen molar-refractivity contribution in [3.8, 4) is 0 Å². The molecule has 1 aliphatic heterocycles. The molecule has 3 N–H and O–H groups in total. The molecule has 9 nitrogen and oxygen atoms in total. The lowest BCUT2D eigenvalue weighted by Gasteiger charge is -2.33. The highest BCUT2D eigenvalue weighted by Crippen LogP contribution is 2.34. The van der Waals surface area contributed by atoms with Crippen molar-refractivity contribution in [2.24, 2.45) is 0 Å². The number of quaternary nitrogens is 1. The Hall–Kier alpha value is -2.50. The number of pyridine rings is 1. The number of imidazole rings is 1. The molecule has 4 heterocycles. The molecule has 0 aliphatic carbocycles. The molecule has 1 saturated heterocycles. The number of rotatable bonds is 7. The molecule has 1 fully saturated rings. The molecule has 0 bridgehead atoms. The fraction of sp³-hybridized carbons (Fsp3) is 0.364. The zero-order valence-corrected chi connectivity index (χ0v) is 19.7. The third-order valence-electron chi connectivity index (χ3n) is 5.86. The molecular weight excluding hydrogens is 462 g/mol. The second-order valence-corrected chi connectivity index (χ2v) is 9.60. The summed E-state index contributed by atoms with van der Waals surface area (Å²) in [5, 5.41) is 17.7. The zero-order valence-electron chi connectivity index (χ0n) is 18.2. The maximum atomic E-state index is 10.8. The predicted molar refractivity (Wildman–Crippen MR) is 129 cm³/mol. The summed E-state index contributed by atoms with van der Waals surface area (Å²) in [5.74, 6) is 1.37. The van der Waals surface area contributed by atoms with Crippen LogP contribution in [0.25, 0.3) is 21.9 Å². The predicted octanol–water partition coefficient (Wildman–Crippen LogP) is 4.06. The monoisotopic (exact) mass is 486 g/mol. The number of aromatic amines is 1. The lowest BCUT2D eigenvalue weighted by Crippen LogP contribution is -2.53. The Labute approximate surface area is 200 Å². The molecule has 0 amide bonds. The number of nitrogens with one attached hydrogen (secondary N) is 2. The number of anilines is 1. The van der Waals surface area contributed by atoms with Gasteiger partial charge in [-0.25, -0.2) is 25.1 Å². The second kappa shape index (κ2) is 9.40. The largest absolute Gasteiger partial charge is 0.370 e. The fourth-order valence-corrected chi connectivity index (χ4v) is 5.44. The van der Waals surface area contributed by atoms with Gasteiger partial charge in [-0.1, -0.05) is 35.5 Å². The van der Waals surface area contributed by atoms with Crippen molar-refractivity contribution in [2.75, 3.05) is 43.9 Å². The minimum atomic E-state index is -0.127. The van der Waals surface area contributed by atoms with Crippen LogP contribution in [0.15, 0.2) is 41.9 Å². The number of H-pyrrole nitrogens is 1. The van der Waals surface area contributed by atoms with Crippen LogP contribution in [0.3, 0.4) is 0 Å². The van der Waals surface area contributed by atoms with Gasteiger partial charge in [0.1, 0.15) is 36.5 Å². The molecule has 0 unspecified atom stereocenters. The van der Waals surface area contributed by atoms with Crippen molar-refractivity contribution in [1.82, 2.24) is 24.9 Å². The Bertz CT molecular complexity index is 1280. The summed E-state index contributed by atoms with van der Waals surface area (Å²) >= 11 is 8.18. The number of benzene rings is 1. The number of hydroxylamine groups is 3. The lowest BCUT2D eigenvalue weighted by molar-refractivity contribution is -1.10. The van der Waals surface area contributed by atoms with E-state index >= 15 is 0 Å². The van der Waals surface area contributed by atoms with Crippen molar-refractivity contribution in [2.45, 2.75) is 18.0 Å². The van der Waals surface area contributed by atoms with Gasteiger partial charge < -0.3 is 15.0 Å². The highest BCUT2D eigenvalue weighted by Gasteiger charge is 2.28. The van der Waals surface area contributed by atoms with Crippen molar-refractivity contribution in [1.29, 1.82) is 0 Å². The number of aromatic nitrogens is 5. The van der Waals surface area contributed by atoms with Crippen molar-refractivity contribution in [3.05, 3.63) is 47.6 Å². The van der Waals surface area contributed by atoms with Crippen LogP contribution in [0.5, 0.6) is 0 Å². The van der Waals surface area contributed by atoms with Crippen LogP contribution in [-0.2, 0) is 4.74 Å². The summed E-state index contributed by atoms with van der Waals surface area (Å²) in [6.07, 6.45) is 3.11. The quantitative estimate of drug-likeness (QED) is 0.265. The standard InChI is InChI=1S/C22H25ClN7O2S/c1-14(28-21-19-20(25-12-24-19)26-13-27-21)17-11-15-3-2-4-16(23)18(15)22(29-17)33-10-7-30(31)5-8-32-9-6-30/h2-4,11-14,31H,5-10H2,1H3,(H2,24,25,26,27,28)/q+1/t14-/m0/s1. The number of halogens is 1. The summed E-state index contributed by atoms with van der Waals surface area (Å²) < 4.78 is 5.41. The van der Waals surface area contributed by atoms with E-state index in [2.05, 4.69) is 25.3 Å². The van der Waals surface area contributed by atoms with E-state index in [1.54, 1.807) is 18.1 Å². The van der Waals surface area contributed by atoms with Gasteiger partial charge in [-0.2, -0.15) is 4.65 Å². The summed E-state index contributed by atoms with van der Waals surface area (Å²) in [5.41, 5.74) is 2.23. The molecule has 5 rings (SSSR count). The Morgan fingerprint density at radius 2 is 2.12 bits per heavy atom. The van der Waals surface area contributed by atoms with E-state index in [0.29, 0.717) is 54.9 Å². The number of nitrogens with zero attached hydrogens (tertiary/aromatic N) is 5. The van der Waals surface area contributed by atoms with Gasteiger partial charge in [-0.3, -0.25) is 0 Å². The molecule has 1 aromatic carbocycles. The van der Waals surface area contributed by atoms with Gasteiger partial charge in [0.05, 0.1) is 42.1 Å². The Kier molecular flexibility index (Phi) is 6.35. The van der Waals surface area contributed by atoms with E-state index in [-0.39, 0.29) is 10.7 Å². The molecule has 1 atom stereocenters. The van der Waals surface area contributed by atoms with Gasteiger partial charge >= 0.3 is 0 Å². The van der Waals surface area contributed by atoms with E-state index in [1.165, 1.54) is 6.33 Å². The maximum Gasteiger partial charge on any atom is 0.162 e. The molecule has 0 spiro atoms. The third-order valence-corrected chi connectivity index (χ3v) is 7.13. The Balaban J connectivity index is 1.41. The highest BCUT2D eigenvalue weighted by molar-refractivity contribution is 7.99. The molecule has 3 aromatic heterocycles. The lowest BCUT2D eigenvalue weighted by atomic mass is 10.1. The Morgan fingerprint density at radius 3 is 2.97 bits per heavy atom. The minimum Gasteiger partial charge on any atom is -0.370 e. The van der Waals surface area contributed by atoms with E-state index in [1.807, 2.05) is 31.2 Å². The van der Waals surface area contributed by atoms with Crippen LogP contribution in [0.4, 0.5) is 5.82 Å². The average Bonchev–Trinajstić information content (AvgIpc) is 3.29. The first-order valence-electron chi connectivity index (χ1n) is 10.8. The van der Waals surface area contributed by atoms with Crippen molar-refractivity contribution >= 4 is 51.1 Å². The zero-order chi connectivity index (χ0) is 22.8. The minimum absolute atomic E-state index is 0.0314. The van der Waals surface area contributed by atoms with Crippen molar-refractivity contribution in [3.63, 3.8) is 0 Å². The fourth-order valence-electron chi connectivity index (χ4n) is 3.95. The molecule has 172 valence electrons. The number of thioether (sulfide) groups is 1. The first kappa shape index (κ1) is 22.3. The first-order chi connectivity index (χ1) is 16.0. The first-order valence-corrected chi connectivity index (χ1v) is 12.2. The smallest absolute Gasteiger partial charge is 0.162 e. The van der Waals surface area contributed by atoms with Gasteiger partial charge in [0, 0.05) is 5.39 Å². The van der Waals surface area contributed by atoms with E-state index < -0.39 is 0 Å². The molecule has 0 saturated carbocycles. The van der Waals surface area contributed by atoms with Crippen molar-refractivity contribution < 1.29 is 14.6 Å². The molecule has 11 heteroatoms. The van der Waals surface area contributed by atoms with Crippen LogP contribution < -0.4 is 5.32 Å². The molecule has 4 aromatic rings. The third kappa shape index (κ3) is 4.75. The topological polar surface area (TPSA) is 109 Å². The Morgan fingerprint density at radius 1 is 1.27 bits per heavy atom. The molecule has 1 aliphatic rings. The van der Waals surface area contributed by atoms with Gasteiger partial charge in [0.25, 0.3) is 0 Å². The molecule has 33 heavy (non-hydrogen) atoms. The summed E-state index contributed by atoms with van der Waals surface area (Å²) in [6.45, 7) is 5.04. The number of ether oxygens (including phenoxy) is 1. The van der Waals surface area contributed by atoms with Gasteiger partial charge in [0.15, 0.2) is 11.5 Å². The van der Waals surface area contributed by atoms with Crippen LogP contribution in [-0.4, -0.2) is 73.4 Å². The number of hydrogen-bond acceptors (Lipinski definition) is 8. The van der Waals surface area contributed by atoms with E-state index in [9.17, 15) is 5.21 Å². The summed E-state index contributed by atoms with van der Waals surface area (Å²) in [7, 11) is 0. The van der Waals surface area contributed by atoms with Gasteiger partial charge in [0.2, 0.25) is 0 Å². The van der Waals surface area contributed by atoms with E-state index in [0.717, 1.165) is 27.2 Å². The van der Waals surface area contributed by atoms with Gasteiger partial charge in [-0.15, -0.1) is 0 Å². The number of hydrogen-bond donors (Lipinski definition) is 3. The highest BCUT2D eigenvalue weighted by atomic mass is 35.5. The van der Waals surface area contributed by atoms with Gasteiger partial charge in [-0.05, 0) is 24.4 Å². The van der Waals surface area contributed by atoms with Crippen LogP contribution >= 0.6 is 23.4 Å². The van der Waals surface area contributed by atoms with Crippen LogP contribution in [0, 0.1) is 0 Å². The number of fused-ring (bicyclic) bond motifs is 2. The average molecular weight is 487 g/mol. The van der Waals surface area contributed by atoms with Crippen LogP contribution in [0.2, 0.25) is 5.02 Å². The summed E-state index contributed by atoms with van der Waals surface area (Å²) in [6, 6.07) is 7.79. The molecule has 0 radical (unpaired) electrons. The van der Waals surface area contributed by atoms with Crippen LogP contribution in [0.1, 0.15) is 18.7 Å². The SMILES string of the molecule is C[C@H](Nc1ncnc2[nH]cnc12)c1cc2cccc(Cl)c2c(SCC[N+]2(O)CCOCC2)n1. The number of morpholine rings is 1. The maximum absolute atomic E-state index is 10.8. The molecular formula is C22H25ClN7O2S+. The second-order valence-electron chi connectivity index (χ2n) is 8.11. The normalized spacial score (nSPS) is 16.8. The summed E-state index contributed by atoms with van der Waals surface area (Å²) in [4.78, 5) is 20.8.